The molecule has 1 N–H and O–H groups in total. The van der Waals surface area contributed by atoms with Crippen molar-refractivity contribution in [1.82, 2.24) is 14.9 Å². The first-order valence-corrected chi connectivity index (χ1v) is 11.5. The Kier molecular flexibility index (Phi) is 7.41. The van der Waals surface area contributed by atoms with Crippen molar-refractivity contribution >= 4 is 17.6 Å². The molecular weight excluding hydrogens is 471 g/mol. The maximum atomic E-state index is 13.5. The van der Waals surface area contributed by atoms with Crippen LogP contribution in [-0.2, 0) is 4.74 Å². The lowest BCUT2D eigenvalue weighted by molar-refractivity contribution is -0.0880. The molecule has 3 aliphatic heterocycles. The first-order chi connectivity index (χ1) is 16.6. The van der Waals surface area contributed by atoms with Crippen LogP contribution in [0.5, 0.6) is 0 Å². The highest BCUT2D eigenvalue weighted by molar-refractivity contribution is 6.04. The molecule has 1 aromatic rings. The number of aliphatic imine (C=N–C) groups is 1. The smallest absolute Gasteiger partial charge is 0.381 e. The highest BCUT2D eigenvalue weighted by Crippen LogP contribution is 2.34. The Morgan fingerprint density at radius 2 is 2.09 bits per heavy atom. The van der Waals surface area contributed by atoms with E-state index in [4.69, 9.17) is 4.74 Å². The number of rotatable bonds is 7. The maximum absolute atomic E-state index is 13.5. The minimum atomic E-state index is -4.59. The second-order valence-electron chi connectivity index (χ2n) is 9.20. The Morgan fingerprint density at radius 1 is 1.31 bits per heavy atom. The lowest BCUT2D eigenvalue weighted by Gasteiger charge is -2.38. The summed E-state index contributed by atoms with van der Waals surface area (Å²) in [4.78, 5) is 16.4. The summed E-state index contributed by atoms with van der Waals surface area (Å²) in [7, 11) is 1.34. The third kappa shape index (κ3) is 6.35. The molecule has 1 aromatic heterocycles. The molecule has 192 valence electrons. The van der Waals surface area contributed by atoms with Gasteiger partial charge in [-0.2, -0.15) is 18.2 Å². The number of halogens is 5. The Bertz CT molecular complexity index is 981. The Balaban J connectivity index is 1.55. The quantitative estimate of drug-likeness (QED) is 0.265. The molecule has 3 aliphatic rings. The molecule has 0 spiro atoms. The van der Waals surface area contributed by atoms with Crippen molar-refractivity contribution in [2.24, 2.45) is 10.9 Å². The van der Waals surface area contributed by atoms with E-state index in [1.165, 1.54) is 11.9 Å². The van der Waals surface area contributed by atoms with Crippen LogP contribution in [0.15, 0.2) is 35.4 Å². The number of hydrogen-bond donors (Lipinski definition) is 1. The van der Waals surface area contributed by atoms with Gasteiger partial charge in [0.05, 0.1) is 31.0 Å². The van der Waals surface area contributed by atoms with Gasteiger partial charge in [-0.3, -0.25) is 4.99 Å². The van der Waals surface area contributed by atoms with Gasteiger partial charge in [0.1, 0.15) is 11.7 Å². The minimum Gasteiger partial charge on any atom is -0.381 e. The molecule has 4 heterocycles. The summed E-state index contributed by atoms with van der Waals surface area (Å²) >= 11 is 0. The zero-order valence-corrected chi connectivity index (χ0v) is 19.5. The van der Waals surface area contributed by atoms with Gasteiger partial charge in [0.2, 0.25) is 5.95 Å². The van der Waals surface area contributed by atoms with E-state index in [0.29, 0.717) is 17.7 Å². The van der Waals surface area contributed by atoms with Crippen LogP contribution >= 0.6 is 0 Å². The molecule has 0 bridgehead atoms. The molecule has 0 saturated carbocycles. The molecule has 0 aliphatic carbocycles. The van der Waals surface area contributed by atoms with Gasteiger partial charge in [-0.1, -0.05) is 12.7 Å². The van der Waals surface area contributed by atoms with Gasteiger partial charge in [0.25, 0.3) is 5.92 Å². The van der Waals surface area contributed by atoms with E-state index in [1.807, 2.05) is 0 Å². The summed E-state index contributed by atoms with van der Waals surface area (Å²) in [6.45, 7) is 6.31. The van der Waals surface area contributed by atoms with Gasteiger partial charge < -0.3 is 19.9 Å². The third-order valence-corrected chi connectivity index (χ3v) is 6.43. The number of hydrogen-bond acceptors (Lipinski definition) is 6. The number of aromatic nitrogens is 2. The van der Waals surface area contributed by atoms with Crippen molar-refractivity contribution in [1.29, 1.82) is 0 Å². The number of anilines is 2. The predicted octanol–water partition coefficient (Wildman–Crippen LogP) is 3.87. The van der Waals surface area contributed by atoms with Crippen LogP contribution in [-0.4, -0.2) is 85.8 Å². The molecule has 0 amide bonds. The van der Waals surface area contributed by atoms with Gasteiger partial charge in [-0.25, -0.2) is 13.8 Å². The summed E-state index contributed by atoms with van der Waals surface area (Å²) in [5, 5.41) is 2.79. The fourth-order valence-corrected chi connectivity index (χ4v) is 4.54. The van der Waals surface area contributed by atoms with Gasteiger partial charge in [0.15, 0.2) is 0 Å². The number of nitrogens with zero attached hydrogens (tertiary/aromatic N) is 5. The largest absolute Gasteiger partial charge is 0.416 e. The van der Waals surface area contributed by atoms with E-state index in [9.17, 15) is 22.0 Å². The number of nitrogens with one attached hydrogen (secondary N) is 1. The first kappa shape index (κ1) is 25.5. The van der Waals surface area contributed by atoms with Crippen LogP contribution in [0.4, 0.5) is 33.7 Å². The van der Waals surface area contributed by atoms with Crippen molar-refractivity contribution in [2.45, 2.75) is 30.9 Å². The molecule has 0 radical (unpaired) electrons. The lowest BCUT2D eigenvalue weighted by atomic mass is 10.0. The number of amidine groups is 1. The van der Waals surface area contributed by atoms with Gasteiger partial charge in [-0.15, -0.1) is 0 Å². The van der Waals surface area contributed by atoms with Crippen LogP contribution in [0.3, 0.4) is 0 Å². The highest BCUT2D eigenvalue weighted by Gasteiger charge is 2.45. The number of allylic oxidation sites excluding steroid dienone is 2. The molecule has 35 heavy (non-hydrogen) atoms. The predicted molar refractivity (Wildman–Crippen MR) is 123 cm³/mol. The number of likely N-dealkylation sites (tertiary alicyclic amines) is 1. The van der Waals surface area contributed by atoms with Gasteiger partial charge in [0, 0.05) is 38.7 Å². The summed E-state index contributed by atoms with van der Waals surface area (Å²) in [5.74, 6) is -2.03. The number of ether oxygens (including phenoxy) is 1. The van der Waals surface area contributed by atoms with Crippen LogP contribution in [0, 0.1) is 5.92 Å². The van der Waals surface area contributed by atoms with Crippen LogP contribution in [0.25, 0.3) is 0 Å². The molecule has 0 aromatic carbocycles. The molecule has 7 nitrogen and oxygen atoms in total. The monoisotopic (exact) mass is 500 g/mol. The second kappa shape index (κ2) is 10.2. The standard InChI is InChI=1S/C23H29F5N6O/c1-3-17(23(26,27)28)8-19(29-2)31-20-9-18(30-21(32-20)34-13-22(24,25)14-34)16-4-6-33(11-16)10-15-5-7-35-12-15/h3,8-9,15-16H,1,4-7,10-14H2,2H3,(H,29,30,31,32)/b17-8+. The van der Waals surface area contributed by atoms with Crippen molar-refractivity contribution in [3.63, 3.8) is 0 Å². The molecular formula is C23H29F5N6O. The van der Waals surface area contributed by atoms with E-state index >= 15 is 0 Å². The molecule has 2 unspecified atom stereocenters. The minimum absolute atomic E-state index is 0.0536. The topological polar surface area (TPSA) is 65.9 Å². The summed E-state index contributed by atoms with van der Waals surface area (Å²) in [6.07, 6.45) is -1.19. The van der Waals surface area contributed by atoms with Crippen molar-refractivity contribution in [3.8, 4) is 0 Å². The molecule has 2 atom stereocenters. The summed E-state index contributed by atoms with van der Waals surface area (Å²) < 4.78 is 72.0. The van der Waals surface area contributed by atoms with E-state index in [-0.39, 0.29) is 23.5 Å². The zero-order valence-electron chi connectivity index (χ0n) is 19.5. The lowest BCUT2D eigenvalue weighted by Crippen LogP contribution is -2.57. The maximum Gasteiger partial charge on any atom is 0.416 e. The van der Waals surface area contributed by atoms with E-state index in [2.05, 4.69) is 31.8 Å². The Morgan fingerprint density at radius 3 is 2.69 bits per heavy atom. The molecule has 4 rings (SSSR count). The zero-order chi connectivity index (χ0) is 25.2. The number of alkyl halides is 5. The van der Waals surface area contributed by atoms with Crippen LogP contribution in [0.1, 0.15) is 24.5 Å². The van der Waals surface area contributed by atoms with Crippen molar-refractivity contribution in [3.05, 3.63) is 36.1 Å². The Labute approximate surface area is 200 Å². The summed E-state index contributed by atoms with van der Waals surface area (Å²) in [5.41, 5.74) is -0.304. The van der Waals surface area contributed by atoms with Crippen molar-refractivity contribution < 1.29 is 26.7 Å². The fourth-order valence-electron chi connectivity index (χ4n) is 4.54. The van der Waals surface area contributed by atoms with Crippen molar-refractivity contribution in [2.75, 3.05) is 63.2 Å². The van der Waals surface area contributed by atoms with E-state index < -0.39 is 30.8 Å². The van der Waals surface area contributed by atoms with Crippen LogP contribution in [0.2, 0.25) is 0 Å². The summed E-state index contributed by atoms with van der Waals surface area (Å²) in [6, 6.07) is 1.66. The van der Waals surface area contributed by atoms with E-state index in [0.717, 1.165) is 51.8 Å². The second-order valence-corrected chi connectivity index (χ2v) is 9.20. The van der Waals surface area contributed by atoms with Gasteiger partial charge in [-0.05, 0) is 31.4 Å². The van der Waals surface area contributed by atoms with Gasteiger partial charge >= 0.3 is 6.18 Å². The van der Waals surface area contributed by atoms with Crippen LogP contribution < -0.4 is 10.2 Å². The molecule has 3 fully saturated rings. The average Bonchev–Trinajstić information content (AvgIpc) is 3.46. The SMILES string of the molecule is C=C/C(=C\C(=N/C)Nc1cc(C2CCN(CC3CCOC3)C2)nc(N2CC(F)(F)C2)n1)C(F)(F)F. The highest BCUT2D eigenvalue weighted by atomic mass is 19.4. The third-order valence-electron chi connectivity index (χ3n) is 6.43. The normalized spacial score (nSPS) is 25.6. The Hall–Kier alpha value is -2.60. The molecule has 12 heteroatoms. The fraction of sp³-hybridized carbons (Fsp3) is 0.609. The van der Waals surface area contributed by atoms with E-state index in [1.54, 1.807) is 6.07 Å². The first-order valence-electron chi connectivity index (χ1n) is 11.5. The average molecular weight is 501 g/mol. The molecule has 3 saturated heterocycles.